The molecule has 1 fully saturated rings. The van der Waals surface area contributed by atoms with E-state index in [1.165, 1.54) is 24.3 Å². The van der Waals surface area contributed by atoms with E-state index < -0.39 is 30.7 Å². The molecule has 1 saturated carbocycles. The number of halogens is 1. The summed E-state index contributed by atoms with van der Waals surface area (Å²) in [5.41, 5.74) is 9.20. The molecule has 0 amide bonds. The highest BCUT2D eigenvalue weighted by Gasteiger charge is 2.57. The molecule has 2 rings (SSSR count). The third kappa shape index (κ3) is 2.82. The van der Waals surface area contributed by atoms with Crippen LogP contribution in [0.5, 0.6) is 0 Å². The van der Waals surface area contributed by atoms with Crippen LogP contribution in [0.1, 0.15) is 25.7 Å². The molecule has 1 unspecified atom stereocenters. The van der Waals surface area contributed by atoms with Crippen molar-refractivity contribution in [3.8, 4) is 0 Å². The summed E-state index contributed by atoms with van der Waals surface area (Å²) in [6.07, 6.45) is 1.54. The van der Waals surface area contributed by atoms with E-state index in [0.29, 0.717) is 12.8 Å². The van der Waals surface area contributed by atoms with Gasteiger partial charge in [-0.2, -0.15) is 4.79 Å². The van der Waals surface area contributed by atoms with E-state index in [1.807, 2.05) is 0 Å². The highest BCUT2D eigenvalue weighted by molar-refractivity contribution is 8.08. The van der Waals surface area contributed by atoms with E-state index in [0.717, 1.165) is 0 Å². The molecule has 0 aliphatic heterocycles. The maximum Gasteiger partial charge on any atom is 0.406 e. The molecule has 1 aliphatic carbocycles. The van der Waals surface area contributed by atoms with E-state index in [1.54, 1.807) is 0 Å². The van der Waals surface area contributed by atoms with Crippen LogP contribution < -0.4 is 0 Å². The highest BCUT2D eigenvalue weighted by Crippen LogP contribution is 2.38. The molecule has 0 spiro atoms. The van der Waals surface area contributed by atoms with Crippen LogP contribution in [0.25, 0.3) is 5.53 Å². The first-order valence-electron chi connectivity index (χ1n) is 6.19. The van der Waals surface area contributed by atoms with Gasteiger partial charge in [-0.25, -0.2) is 12.6 Å². The van der Waals surface area contributed by atoms with Gasteiger partial charge in [-0.3, -0.25) is 0 Å². The lowest BCUT2D eigenvalue weighted by atomic mass is 10.1. The molecule has 0 aromatic heterocycles. The topological polar surface area (TPSA) is 108 Å². The van der Waals surface area contributed by atoms with Gasteiger partial charge in [-0.1, -0.05) is 30.5 Å². The minimum atomic E-state index is -4.20. The van der Waals surface area contributed by atoms with Crippen LogP contribution in [0.4, 0.5) is 0 Å². The number of nitrogens with zero attached hydrogens (tertiary/aromatic N) is 2. The van der Waals surface area contributed by atoms with Gasteiger partial charge in [-0.05, 0) is 31.0 Å². The normalized spacial score (nSPS) is 19.0. The third-order valence-electron chi connectivity index (χ3n) is 3.59. The Kier molecular flexibility index (Phi) is 4.65. The number of sulfone groups is 1. The van der Waals surface area contributed by atoms with Crippen molar-refractivity contribution in [2.24, 2.45) is 0 Å². The SMILES string of the molecule is [N-]=[N+]=C(C1(S(=O)O)CCCC1)S(=O)(=O)c1cccc(Cl)c1. The van der Waals surface area contributed by atoms with E-state index in [-0.39, 0.29) is 22.8 Å². The first-order chi connectivity index (χ1) is 9.84. The summed E-state index contributed by atoms with van der Waals surface area (Å²) in [6.45, 7) is 0. The van der Waals surface area contributed by atoms with Crippen LogP contribution >= 0.6 is 11.6 Å². The second-order valence-electron chi connectivity index (χ2n) is 4.82. The molecule has 1 N–H and O–H groups in total. The second kappa shape index (κ2) is 5.98. The molecule has 0 heterocycles. The number of hydrogen-bond acceptors (Lipinski definition) is 3. The number of benzene rings is 1. The van der Waals surface area contributed by atoms with Crippen LogP contribution in [0, 0.1) is 0 Å². The first kappa shape index (κ1) is 16.3. The van der Waals surface area contributed by atoms with Crippen molar-refractivity contribution >= 4 is 37.6 Å². The van der Waals surface area contributed by atoms with Gasteiger partial charge in [0.2, 0.25) is 0 Å². The molecule has 114 valence electrons. The molecule has 9 heteroatoms. The Balaban J connectivity index is 2.61. The summed E-state index contributed by atoms with van der Waals surface area (Å²) in [4.78, 5) is 2.71. The average Bonchev–Trinajstić information content (AvgIpc) is 2.90. The van der Waals surface area contributed by atoms with Gasteiger partial charge in [0.1, 0.15) is 0 Å². The van der Waals surface area contributed by atoms with Crippen LogP contribution in [0.15, 0.2) is 29.2 Å². The maximum absolute atomic E-state index is 12.6. The van der Waals surface area contributed by atoms with Crippen molar-refractivity contribution in [2.45, 2.75) is 35.3 Å². The molecule has 0 radical (unpaired) electrons. The van der Waals surface area contributed by atoms with Crippen molar-refractivity contribution in [2.75, 3.05) is 0 Å². The lowest BCUT2D eigenvalue weighted by Gasteiger charge is -2.19. The molecule has 1 atom stereocenters. The zero-order valence-corrected chi connectivity index (χ0v) is 13.3. The standard InChI is InChI=1S/C12H13ClN2O4S2/c13-9-4-3-5-10(8-9)21(18,19)11(15-14)12(20(16)17)6-1-2-7-12/h3-5,8H,1-2,6-7H2,(H,16,17). The molecule has 6 nitrogen and oxygen atoms in total. The van der Waals surface area contributed by atoms with Crippen molar-refractivity contribution in [3.63, 3.8) is 0 Å². The Morgan fingerprint density at radius 3 is 2.48 bits per heavy atom. The van der Waals surface area contributed by atoms with Crippen molar-refractivity contribution in [3.05, 3.63) is 34.8 Å². The Bertz CT molecular complexity index is 735. The van der Waals surface area contributed by atoms with E-state index in [2.05, 4.69) is 4.79 Å². The van der Waals surface area contributed by atoms with Crippen LogP contribution in [0.3, 0.4) is 0 Å². The quantitative estimate of drug-likeness (QED) is 0.297. The predicted octanol–water partition coefficient (Wildman–Crippen LogP) is 2.28. The Labute approximate surface area is 130 Å². The van der Waals surface area contributed by atoms with Crippen molar-refractivity contribution in [1.82, 2.24) is 0 Å². The fourth-order valence-corrected chi connectivity index (χ4v) is 5.74. The van der Waals surface area contributed by atoms with E-state index in [9.17, 15) is 22.7 Å². The fraction of sp³-hybridized carbons (Fsp3) is 0.417. The number of hydrogen-bond donors (Lipinski definition) is 1. The van der Waals surface area contributed by atoms with Crippen LogP contribution in [0.2, 0.25) is 5.02 Å². The van der Waals surface area contributed by atoms with Gasteiger partial charge in [0.15, 0.2) is 15.8 Å². The molecule has 1 aromatic carbocycles. The summed E-state index contributed by atoms with van der Waals surface area (Å²) >= 11 is 3.32. The fourth-order valence-electron chi connectivity index (χ4n) is 2.54. The third-order valence-corrected chi connectivity index (χ3v) is 7.08. The van der Waals surface area contributed by atoms with Gasteiger partial charge in [0.05, 0.1) is 4.90 Å². The summed E-state index contributed by atoms with van der Waals surface area (Å²) < 4.78 is 44.9. The zero-order valence-electron chi connectivity index (χ0n) is 10.9. The summed E-state index contributed by atoms with van der Waals surface area (Å²) in [7, 11) is -4.20. The minimum absolute atomic E-state index is 0.167. The van der Waals surface area contributed by atoms with Crippen LogP contribution in [-0.4, -0.2) is 31.8 Å². The van der Waals surface area contributed by atoms with Crippen molar-refractivity contribution < 1.29 is 22.0 Å². The molecule has 1 aliphatic rings. The van der Waals surface area contributed by atoms with E-state index in [4.69, 9.17) is 11.6 Å². The number of rotatable bonds is 3. The monoisotopic (exact) mass is 348 g/mol. The zero-order chi connectivity index (χ0) is 15.7. The first-order valence-corrected chi connectivity index (χ1v) is 9.15. The van der Waals surface area contributed by atoms with Crippen LogP contribution in [-0.2, 0) is 20.9 Å². The average molecular weight is 349 g/mol. The smallest absolute Gasteiger partial charge is 0.360 e. The molecular formula is C12H13ClN2O4S2. The second-order valence-corrected chi connectivity index (χ2v) is 8.40. The maximum atomic E-state index is 12.6. The molecule has 0 saturated heterocycles. The van der Waals surface area contributed by atoms with Gasteiger partial charge in [0.25, 0.3) is 9.84 Å². The van der Waals surface area contributed by atoms with Gasteiger partial charge in [-0.15, -0.1) is 0 Å². The Morgan fingerprint density at radius 2 is 2.00 bits per heavy atom. The highest BCUT2D eigenvalue weighted by atomic mass is 35.5. The largest absolute Gasteiger partial charge is 0.406 e. The molecule has 21 heavy (non-hydrogen) atoms. The predicted molar refractivity (Wildman–Crippen MR) is 79.2 cm³/mol. The summed E-state index contributed by atoms with van der Waals surface area (Å²) in [6, 6.07) is 5.47. The van der Waals surface area contributed by atoms with Crippen molar-refractivity contribution in [1.29, 1.82) is 0 Å². The lowest BCUT2D eigenvalue weighted by molar-refractivity contribution is -0.00616. The molecule has 0 bridgehead atoms. The Morgan fingerprint density at radius 1 is 1.38 bits per heavy atom. The van der Waals surface area contributed by atoms with E-state index >= 15 is 0 Å². The summed E-state index contributed by atoms with van der Waals surface area (Å²) in [5.74, 6) is 0. The lowest BCUT2D eigenvalue weighted by Crippen LogP contribution is -2.45. The van der Waals surface area contributed by atoms with Gasteiger partial charge >= 0.3 is 5.04 Å². The van der Waals surface area contributed by atoms with Gasteiger partial charge in [0, 0.05) is 5.02 Å². The van der Waals surface area contributed by atoms with Gasteiger partial charge < -0.3 is 10.1 Å². The molecular weight excluding hydrogens is 336 g/mol. The minimum Gasteiger partial charge on any atom is -0.360 e. The Hall–Kier alpha value is -1.05. The molecule has 1 aromatic rings. The summed E-state index contributed by atoms with van der Waals surface area (Å²) in [5, 5.41) is -0.463.